The van der Waals surface area contributed by atoms with Crippen LogP contribution in [0.4, 0.5) is 0 Å². The van der Waals surface area contributed by atoms with E-state index in [9.17, 15) is 9.59 Å². The van der Waals surface area contributed by atoms with Crippen molar-refractivity contribution >= 4 is 40.7 Å². The summed E-state index contributed by atoms with van der Waals surface area (Å²) < 4.78 is 28.0. The van der Waals surface area contributed by atoms with Crippen molar-refractivity contribution in [2.45, 2.75) is 13.8 Å². The van der Waals surface area contributed by atoms with Crippen molar-refractivity contribution in [3.63, 3.8) is 0 Å². The van der Waals surface area contributed by atoms with Crippen molar-refractivity contribution < 1.29 is 33.3 Å². The Morgan fingerprint density at radius 3 is 2.03 bits per heavy atom. The van der Waals surface area contributed by atoms with Crippen LogP contribution in [0.5, 0.6) is 28.7 Å². The molecule has 0 aliphatic heterocycles. The Hall–Kier alpha value is -3.80. The number of hydrazone groups is 1. The van der Waals surface area contributed by atoms with Crippen molar-refractivity contribution in [3.8, 4) is 28.7 Å². The van der Waals surface area contributed by atoms with Crippen molar-refractivity contribution in [1.82, 2.24) is 5.43 Å². The van der Waals surface area contributed by atoms with E-state index in [1.807, 2.05) is 26.0 Å². The molecular formula is C27H27IN2O7. The lowest BCUT2D eigenvalue weighted by molar-refractivity contribution is -0.123. The van der Waals surface area contributed by atoms with Crippen molar-refractivity contribution in [2.75, 3.05) is 27.9 Å². The number of halogens is 1. The molecule has 0 heterocycles. The van der Waals surface area contributed by atoms with Crippen LogP contribution in [0.2, 0.25) is 0 Å². The van der Waals surface area contributed by atoms with E-state index in [0.29, 0.717) is 34.3 Å². The maximum Gasteiger partial charge on any atom is 0.343 e. The number of esters is 1. The Balaban J connectivity index is 1.55. The number of ether oxygens (including phenoxy) is 5. The molecule has 9 nitrogen and oxygen atoms in total. The molecule has 3 aromatic rings. The van der Waals surface area contributed by atoms with Gasteiger partial charge in [0, 0.05) is 3.57 Å². The number of nitrogens with zero attached hydrogens (tertiary/aromatic N) is 1. The van der Waals surface area contributed by atoms with Gasteiger partial charge in [0.25, 0.3) is 5.91 Å². The number of carbonyl (C=O) groups is 2. The van der Waals surface area contributed by atoms with Gasteiger partial charge in [-0.1, -0.05) is 0 Å². The minimum absolute atomic E-state index is 0.157. The normalized spacial score (nSPS) is 10.6. The van der Waals surface area contributed by atoms with Gasteiger partial charge in [-0.05, 0) is 102 Å². The molecule has 0 spiro atoms. The summed E-state index contributed by atoms with van der Waals surface area (Å²) in [4.78, 5) is 24.7. The second kappa shape index (κ2) is 12.9. The maximum absolute atomic E-state index is 12.6. The molecule has 0 saturated heterocycles. The first-order valence-corrected chi connectivity index (χ1v) is 12.2. The molecule has 0 saturated carbocycles. The first-order valence-electron chi connectivity index (χ1n) is 11.1. The average Bonchev–Trinajstić information content (AvgIpc) is 2.88. The summed E-state index contributed by atoms with van der Waals surface area (Å²) in [5.74, 6) is 1.11. The van der Waals surface area contributed by atoms with Crippen LogP contribution in [-0.2, 0) is 4.79 Å². The minimum Gasteiger partial charge on any atom is -0.493 e. The lowest BCUT2D eigenvalue weighted by Crippen LogP contribution is -2.25. The zero-order valence-corrected chi connectivity index (χ0v) is 23.2. The van der Waals surface area contributed by atoms with Gasteiger partial charge in [0.05, 0.1) is 33.1 Å². The third kappa shape index (κ3) is 7.35. The largest absolute Gasteiger partial charge is 0.493 e. The van der Waals surface area contributed by atoms with E-state index in [-0.39, 0.29) is 18.1 Å². The van der Waals surface area contributed by atoms with Gasteiger partial charge in [0.2, 0.25) is 5.75 Å². The number of methoxy groups -OCH3 is 3. The van der Waals surface area contributed by atoms with Gasteiger partial charge in [-0.15, -0.1) is 0 Å². The zero-order chi connectivity index (χ0) is 26.9. The van der Waals surface area contributed by atoms with E-state index in [1.165, 1.54) is 39.7 Å². The van der Waals surface area contributed by atoms with E-state index in [2.05, 4.69) is 33.1 Å². The topological polar surface area (TPSA) is 105 Å². The van der Waals surface area contributed by atoms with E-state index < -0.39 is 5.97 Å². The molecule has 1 N–H and O–H groups in total. The number of rotatable bonds is 10. The summed E-state index contributed by atoms with van der Waals surface area (Å²) in [5, 5.41) is 3.95. The van der Waals surface area contributed by atoms with Crippen LogP contribution in [0.3, 0.4) is 0 Å². The lowest BCUT2D eigenvalue weighted by Gasteiger charge is -2.13. The van der Waals surface area contributed by atoms with Crippen LogP contribution in [-0.4, -0.2) is 46.0 Å². The van der Waals surface area contributed by atoms with Gasteiger partial charge in [-0.25, -0.2) is 10.2 Å². The Morgan fingerprint density at radius 2 is 1.49 bits per heavy atom. The standard InChI is InChI=1S/C27H27IN2O7/c1-16-10-20(28)11-17(2)25(16)36-15-24(31)30-29-14-18-6-8-21(9-7-18)37-27(32)19-12-22(33-3)26(35-5)23(13-19)34-4/h6-14H,15H2,1-5H3,(H,30,31)/b29-14+. The highest BCUT2D eigenvalue weighted by Gasteiger charge is 2.18. The molecule has 3 aromatic carbocycles. The summed E-state index contributed by atoms with van der Waals surface area (Å²) in [6, 6.07) is 13.6. The molecule has 37 heavy (non-hydrogen) atoms. The quantitative estimate of drug-likeness (QED) is 0.116. The van der Waals surface area contributed by atoms with E-state index in [0.717, 1.165) is 14.7 Å². The molecule has 0 radical (unpaired) electrons. The van der Waals surface area contributed by atoms with Crippen LogP contribution in [0.15, 0.2) is 53.6 Å². The van der Waals surface area contributed by atoms with Crippen molar-refractivity contribution in [2.24, 2.45) is 5.10 Å². The monoisotopic (exact) mass is 618 g/mol. The minimum atomic E-state index is -0.591. The molecule has 10 heteroatoms. The Labute approximate surface area is 228 Å². The van der Waals surface area contributed by atoms with Crippen LogP contribution >= 0.6 is 22.6 Å². The summed E-state index contributed by atoms with van der Waals surface area (Å²) >= 11 is 2.24. The molecular weight excluding hydrogens is 591 g/mol. The van der Waals surface area contributed by atoms with Crippen molar-refractivity contribution in [3.05, 3.63) is 74.4 Å². The van der Waals surface area contributed by atoms with Gasteiger partial charge in [-0.2, -0.15) is 5.10 Å². The number of aryl methyl sites for hydroxylation is 2. The fraction of sp³-hybridized carbons (Fsp3) is 0.222. The molecule has 3 rings (SSSR count). The summed E-state index contributed by atoms with van der Waals surface area (Å²) in [6.07, 6.45) is 1.48. The zero-order valence-electron chi connectivity index (χ0n) is 21.1. The van der Waals surface area contributed by atoms with Gasteiger partial charge < -0.3 is 23.7 Å². The Morgan fingerprint density at radius 1 is 0.892 bits per heavy atom. The molecule has 0 fully saturated rings. The third-order valence-electron chi connectivity index (χ3n) is 5.17. The van der Waals surface area contributed by atoms with E-state index in [1.54, 1.807) is 24.3 Å². The first-order chi connectivity index (χ1) is 17.7. The Kier molecular flexibility index (Phi) is 9.72. The van der Waals surface area contributed by atoms with Crippen molar-refractivity contribution in [1.29, 1.82) is 0 Å². The molecule has 0 aliphatic carbocycles. The summed E-state index contributed by atoms with van der Waals surface area (Å²) in [7, 11) is 4.41. The fourth-order valence-electron chi connectivity index (χ4n) is 3.46. The number of amides is 1. The molecule has 0 atom stereocenters. The third-order valence-corrected chi connectivity index (χ3v) is 5.79. The van der Waals surface area contributed by atoms with E-state index >= 15 is 0 Å². The van der Waals surface area contributed by atoms with Gasteiger partial charge >= 0.3 is 5.97 Å². The second-order valence-electron chi connectivity index (χ2n) is 7.82. The first kappa shape index (κ1) is 27.8. The SMILES string of the molecule is COc1cc(C(=O)Oc2ccc(/C=N/NC(=O)COc3c(C)cc(I)cc3C)cc2)cc(OC)c1OC. The lowest BCUT2D eigenvalue weighted by atomic mass is 10.1. The van der Waals surface area contributed by atoms with Crippen LogP contribution in [0, 0.1) is 17.4 Å². The van der Waals surface area contributed by atoms with Gasteiger partial charge in [0.1, 0.15) is 11.5 Å². The van der Waals surface area contributed by atoms with Crippen LogP contribution < -0.4 is 29.1 Å². The molecule has 194 valence electrons. The number of benzene rings is 3. The Bertz CT molecular complexity index is 1260. The maximum atomic E-state index is 12.6. The van der Waals surface area contributed by atoms with E-state index in [4.69, 9.17) is 23.7 Å². The van der Waals surface area contributed by atoms with Crippen LogP contribution in [0.1, 0.15) is 27.0 Å². The molecule has 0 bridgehead atoms. The van der Waals surface area contributed by atoms with Gasteiger partial charge in [-0.3, -0.25) is 4.79 Å². The predicted molar refractivity (Wildman–Crippen MR) is 147 cm³/mol. The fourth-order valence-corrected chi connectivity index (χ4v) is 4.39. The van der Waals surface area contributed by atoms with Gasteiger partial charge in [0.15, 0.2) is 18.1 Å². The second-order valence-corrected chi connectivity index (χ2v) is 9.07. The van der Waals surface area contributed by atoms with Crippen LogP contribution in [0.25, 0.3) is 0 Å². The molecule has 0 aromatic heterocycles. The summed E-state index contributed by atoms with van der Waals surface area (Å²) in [5.41, 5.74) is 5.29. The number of carbonyl (C=O) groups excluding carboxylic acids is 2. The highest BCUT2D eigenvalue weighted by Crippen LogP contribution is 2.38. The predicted octanol–water partition coefficient (Wildman–Crippen LogP) is 4.68. The molecule has 1 amide bonds. The number of hydrogen-bond acceptors (Lipinski definition) is 8. The highest BCUT2D eigenvalue weighted by molar-refractivity contribution is 14.1. The molecule has 0 unspecified atom stereocenters. The average molecular weight is 618 g/mol. The molecule has 0 aliphatic rings. The number of hydrogen-bond donors (Lipinski definition) is 1. The summed E-state index contributed by atoms with van der Waals surface area (Å²) in [6.45, 7) is 3.72. The smallest absolute Gasteiger partial charge is 0.343 e. The number of nitrogens with one attached hydrogen (secondary N) is 1. The highest BCUT2D eigenvalue weighted by atomic mass is 127.